The lowest BCUT2D eigenvalue weighted by atomic mass is 10.1. The molecular weight excluding hydrogens is 604 g/mol. The van der Waals surface area contributed by atoms with Crippen molar-refractivity contribution in [2.45, 2.75) is 45.2 Å². The van der Waals surface area contributed by atoms with E-state index in [1.807, 2.05) is 20.8 Å². The Labute approximate surface area is 256 Å². The fraction of sp³-hybridized carbons (Fsp3) is 0.333. The van der Waals surface area contributed by atoms with E-state index in [0.717, 1.165) is 28.6 Å². The zero-order valence-corrected chi connectivity index (χ0v) is 26.1. The number of nitrogens with zero attached hydrogens (tertiary/aromatic N) is 2. The second-order valence-corrected chi connectivity index (χ2v) is 12.7. The van der Waals surface area contributed by atoms with E-state index in [1.165, 1.54) is 17.0 Å². The molecule has 3 aromatic carbocycles. The molecule has 0 saturated heterocycles. The van der Waals surface area contributed by atoms with E-state index < -0.39 is 40.2 Å². The van der Waals surface area contributed by atoms with Gasteiger partial charge in [0.2, 0.25) is 11.8 Å². The highest BCUT2D eigenvalue weighted by molar-refractivity contribution is 7.92. The van der Waals surface area contributed by atoms with E-state index in [2.05, 4.69) is 5.32 Å². The summed E-state index contributed by atoms with van der Waals surface area (Å²) < 4.78 is 47.7. The number of hydrogen-bond donors (Lipinski definition) is 1. The number of benzene rings is 3. The maximum absolute atomic E-state index is 14.0. The molecule has 42 heavy (non-hydrogen) atoms. The maximum atomic E-state index is 14.0. The van der Waals surface area contributed by atoms with Crippen LogP contribution in [0.4, 0.5) is 10.1 Å². The van der Waals surface area contributed by atoms with Gasteiger partial charge in [0.15, 0.2) is 0 Å². The third-order valence-corrected chi connectivity index (χ3v) is 8.83. The standard InChI is InChI=1S/C30H34Cl2FN3O5S/c1-5-41-25-11-9-24(10-12-25)36(42(39,40)26-13-7-23(33)8-14-26)19-29(37)35(21(4)30(38)34-17-20(2)3)18-22-6-15-27(31)28(32)16-22/h6-16,20-21H,5,17-19H2,1-4H3,(H,34,38). The lowest BCUT2D eigenvalue weighted by molar-refractivity contribution is -0.139. The van der Waals surface area contributed by atoms with E-state index in [-0.39, 0.29) is 28.1 Å². The number of anilines is 1. The van der Waals surface area contributed by atoms with Crippen LogP contribution in [-0.4, -0.2) is 50.9 Å². The molecule has 8 nitrogen and oxygen atoms in total. The second-order valence-electron chi connectivity index (χ2n) is 9.98. The molecule has 226 valence electrons. The van der Waals surface area contributed by atoms with Gasteiger partial charge in [-0.2, -0.15) is 0 Å². The molecule has 0 aliphatic carbocycles. The number of nitrogens with one attached hydrogen (secondary N) is 1. The van der Waals surface area contributed by atoms with E-state index in [0.29, 0.717) is 29.5 Å². The Morgan fingerprint density at radius 2 is 1.60 bits per heavy atom. The van der Waals surface area contributed by atoms with Gasteiger partial charge in [-0.1, -0.05) is 43.1 Å². The summed E-state index contributed by atoms with van der Waals surface area (Å²) in [6.45, 7) is 7.40. The van der Waals surface area contributed by atoms with Gasteiger partial charge < -0.3 is 15.0 Å². The summed E-state index contributed by atoms with van der Waals surface area (Å²) in [6.07, 6.45) is 0. The summed E-state index contributed by atoms with van der Waals surface area (Å²) in [4.78, 5) is 28.1. The van der Waals surface area contributed by atoms with Crippen molar-refractivity contribution < 1.29 is 27.1 Å². The van der Waals surface area contributed by atoms with E-state index in [1.54, 1.807) is 37.3 Å². The molecule has 1 N–H and O–H groups in total. The molecule has 1 atom stereocenters. The van der Waals surface area contributed by atoms with Gasteiger partial charge in [0.05, 0.1) is 27.2 Å². The largest absolute Gasteiger partial charge is 0.494 e. The predicted molar refractivity (Wildman–Crippen MR) is 163 cm³/mol. The zero-order valence-electron chi connectivity index (χ0n) is 23.8. The summed E-state index contributed by atoms with van der Waals surface area (Å²) in [6, 6.07) is 14.4. The van der Waals surface area contributed by atoms with Crippen molar-refractivity contribution in [3.63, 3.8) is 0 Å². The van der Waals surface area contributed by atoms with Crippen LogP contribution >= 0.6 is 23.2 Å². The molecule has 3 rings (SSSR count). The minimum atomic E-state index is -4.34. The van der Waals surface area contributed by atoms with Crippen molar-refractivity contribution in [2.75, 3.05) is 24.0 Å². The number of amides is 2. The summed E-state index contributed by atoms with van der Waals surface area (Å²) in [5, 5.41) is 3.43. The predicted octanol–water partition coefficient (Wildman–Crippen LogP) is 5.92. The van der Waals surface area contributed by atoms with Crippen LogP contribution in [0.5, 0.6) is 5.75 Å². The first-order chi connectivity index (χ1) is 19.8. The summed E-state index contributed by atoms with van der Waals surface area (Å²) >= 11 is 12.3. The normalized spacial score (nSPS) is 12.1. The first-order valence-corrected chi connectivity index (χ1v) is 15.5. The molecule has 3 aromatic rings. The van der Waals surface area contributed by atoms with E-state index in [4.69, 9.17) is 27.9 Å². The molecule has 0 heterocycles. The molecule has 12 heteroatoms. The highest BCUT2D eigenvalue weighted by atomic mass is 35.5. The molecule has 0 aromatic heterocycles. The fourth-order valence-electron chi connectivity index (χ4n) is 4.01. The van der Waals surface area contributed by atoms with Crippen LogP contribution in [0, 0.1) is 11.7 Å². The van der Waals surface area contributed by atoms with Crippen LogP contribution in [0.25, 0.3) is 0 Å². The lowest BCUT2D eigenvalue weighted by Gasteiger charge is -2.32. The average molecular weight is 639 g/mol. The number of carbonyl (C=O) groups excluding carboxylic acids is 2. The molecule has 2 amide bonds. The zero-order chi connectivity index (χ0) is 31.0. The molecule has 0 saturated carbocycles. The average Bonchev–Trinajstić information content (AvgIpc) is 2.95. The van der Waals surface area contributed by atoms with E-state index in [9.17, 15) is 22.4 Å². The molecule has 0 spiro atoms. The smallest absolute Gasteiger partial charge is 0.264 e. The Morgan fingerprint density at radius 3 is 2.17 bits per heavy atom. The summed E-state index contributed by atoms with van der Waals surface area (Å²) in [7, 11) is -4.34. The molecule has 0 aliphatic heterocycles. The van der Waals surface area contributed by atoms with Gasteiger partial charge in [-0.25, -0.2) is 12.8 Å². The van der Waals surface area contributed by atoms with E-state index >= 15 is 0 Å². The Morgan fingerprint density at radius 1 is 0.952 bits per heavy atom. The van der Waals surface area contributed by atoms with Gasteiger partial charge in [0.25, 0.3) is 10.0 Å². The molecular formula is C30H34Cl2FN3O5S. The molecule has 1 unspecified atom stereocenters. The van der Waals surface area contributed by atoms with Crippen LogP contribution in [0.2, 0.25) is 10.0 Å². The highest BCUT2D eigenvalue weighted by Gasteiger charge is 2.32. The Kier molecular flexibility index (Phi) is 11.6. The third kappa shape index (κ3) is 8.59. The van der Waals surface area contributed by atoms with Gasteiger partial charge in [-0.15, -0.1) is 0 Å². The van der Waals surface area contributed by atoms with Crippen molar-refractivity contribution in [3.8, 4) is 5.75 Å². The van der Waals surface area contributed by atoms with Crippen LogP contribution in [0.1, 0.15) is 33.3 Å². The first-order valence-electron chi connectivity index (χ1n) is 13.4. The topological polar surface area (TPSA) is 96.0 Å². The molecule has 0 radical (unpaired) electrons. The number of carbonyl (C=O) groups is 2. The number of sulfonamides is 1. The quantitative estimate of drug-likeness (QED) is 0.251. The van der Waals surface area contributed by atoms with Crippen molar-refractivity contribution in [1.29, 1.82) is 0 Å². The van der Waals surface area contributed by atoms with Crippen molar-refractivity contribution >= 4 is 50.7 Å². The van der Waals surface area contributed by atoms with Crippen LogP contribution in [-0.2, 0) is 26.2 Å². The number of hydrogen-bond acceptors (Lipinski definition) is 5. The Balaban J connectivity index is 2.03. The monoisotopic (exact) mass is 637 g/mol. The summed E-state index contributed by atoms with van der Waals surface area (Å²) in [5.74, 6) is -0.953. The van der Waals surface area contributed by atoms with Crippen molar-refractivity contribution in [1.82, 2.24) is 10.2 Å². The van der Waals surface area contributed by atoms with Crippen molar-refractivity contribution in [3.05, 3.63) is 88.2 Å². The van der Waals surface area contributed by atoms with Gasteiger partial charge >= 0.3 is 0 Å². The molecule has 0 fully saturated rings. The van der Waals surface area contributed by atoms with Gasteiger partial charge in [-0.3, -0.25) is 13.9 Å². The molecule has 0 aliphatic rings. The summed E-state index contributed by atoms with van der Waals surface area (Å²) in [5.41, 5.74) is 0.776. The van der Waals surface area contributed by atoms with Crippen molar-refractivity contribution in [2.24, 2.45) is 5.92 Å². The minimum Gasteiger partial charge on any atom is -0.494 e. The number of halogens is 3. The number of ether oxygens (including phenoxy) is 1. The fourth-order valence-corrected chi connectivity index (χ4v) is 5.74. The SMILES string of the molecule is CCOc1ccc(N(CC(=O)N(Cc2ccc(Cl)c(Cl)c2)C(C)C(=O)NCC(C)C)S(=O)(=O)c2ccc(F)cc2)cc1. The lowest BCUT2D eigenvalue weighted by Crippen LogP contribution is -2.51. The maximum Gasteiger partial charge on any atom is 0.264 e. The van der Waals surface area contributed by atoms with Gasteiger partial charge in [0, 0.05) is 13.1 Å². The van der Waals surface area contributed by atoms with Gasteiger partial charge in [-0.05, 0) is 86.0 Å². The highest BCUT2D eigenvalue weighted by Crippen LogP contribution is 2.28. The second kappa shape index (κ2) is 14.7. The van der Waals surface area contributed by atoms with Crippen LogP contribution < -0.4 is 14.4 Å². The van der Waals surface area contributed by atoms with Crippen LogP contribution in [0.3, 0.4) is 0 Å². The number of rotatable bonds is 13. The molecule has 0 bridgehead atoms. The minimum absolute atomic E-state index is 0.0420. The third-order valence-electron chi connectivity index (χ3n) is 6.30. The Hall–Kier alpha value is -3.34. The first kappa shape index (κ1) is 33.2. The van der Waals surface area contributed by atoms with Gasteiger partial charge in [0.1, 0.15) is 24.2 Å². The van der Waals surface area contributed by atoms with Crippen LogP contribution in [0.15, 0.2) is 71.6 Å². The Bertz CT molecular complexity index is 1490.